The number of benzene rings is 1. The number of amides is 2. The van der Waals surface area contributed by atoms with Crippen LogP contribution in [-0.2, 0) is 9.59 Å². The topological polar surface area (TPSA) is 40.6 Å². The molecular weight excluding hydrogens is 360 g/mol. The summed E-state index contributed by atoms with van der Waals surface area (Å²) >= 11 is 0. The number of nitrogens with zero attached hydrogens (tertiary/aromatic N) is 2. The fourth-order valence-electron chi connectivity index (χ4n) is 7.61. The monoisotopic (exact) mass is 392 g/mol. The van der Waals surface area contributed by atoms with Gasteiger partial charge in [0, 0.05) is 32.1 Å². The van der Waals surface area contributed by atoms with Crippen molar-refractivity contribution >= 4 is 11.8 Å². The molecule has 1 saturated heterocycles. The van der Waals surface area contributed by atoms with Gasteiger partial charge in [-0.05, 0) is 74.2 Å². The lowest BCUT2D eigenvalue weighted by molar-refractivity contribution is -0.160. The molecule has 0 spiro atoms. The second kappa shape index (κ2) is 6.58. The molecular formula is C25H32N2O2. The predicted molar refractivity (Wildman–Crippen MR) is 111 cm³/mol. The number of rotatable bonds is 3. The molecule has 29 heavy (non-hydrogen) atoms. The van der Waals surface area contributed by atoms with Crippen LogP contribution in [0.15, 0.2) is 30.3 Å². The van der Waals surface area contributed by atoms with E-state index in [1.54, 1.807) is 0 Å². The Bertz CT molecular complexity index is 776. The molecule has 5 aliphatic carbocycles. The second-order valence-electron chi connectivity index (χ2n) is 10.7. The lowest BCUT2D eigenvalue weighted by atomic mass is 9.49. The smallest absolute Gasteiger partial charge is 0.228 e. The number of carbonyl (C=O) groups excluding carboxylic acids is 2. The Morgan fingerprint density at radius 1 is 0.759 bits per heavy atom. The van der Waals surface area contributed by atoms with Crippen molar-refractivity contribution in [3.8, 4) is 0 Å². The molecule has 0 N–H and O–H groups in total. The minimum atomic E-state index is -0.0458. The van der Waals surface area contributed by atoms with Crippen LogP contribution in [0.25, 0.3) is 0 Å². The summed E-state index contributed by atoms with van der Waals surface area (Å²) in [5.74, 6) is 3.70. The number of hydrogen-bond acceptors (Lipinski definition) is 2. The van der Waals surface area contributed by atoms with Gasteiger partial charge in [-0.3, -0.25) is 9.59 Å². The maximum absolute atomic E-state index is 13.5. The van der Waals surface area contributed by atoms with Gasteiger partial charge in [-0.1, -0.05) is 30.3 Å². The fourth-order valence-corrected chi connectivity index (χ4v) is 7.61. The second-order valence-corrected chi connectivity index (χ2v) is 10.7. The molecule has 4 bridgehead atoms. The van der Waals surface area contributed by atoms with Crippen LogP contribution in [0.2, 0.25) is 0 Å². The van der Waals surface area contributed by atoms with E-state index in [1.807, 2.05) is 11.0 Å². The maximum atomic E-state index is 13.5. The van der Waals surface area contributed by atoms with Gasteiger partial charge in [0.2, 0.25) is 11.8 Å². The summed E-state index contributed by atoms with van der Waals surface area (Å²) in [7, 11) is 0. The molecule has 2 amide bonds. The Morgan fingerprint density at radius 3 is 1.90 bits per heavy atom. The molecule has 2 atom stereocenters. The zero-order valence-corrected chi connectivity index (χ0v) is 17.3. The molecule has 6 aliphatic rings. The van der Waals surface area contributed by atoms with E-state index in [9.17, 15) is 9.59 Å². The van der Waals surface area contributed by atoms with Crippen molar-refractivity contribution in [3.05, 3.63) is 35.9 Å². The van der Waals surface area contributed by atoms with Gasteiger partial charge in [0.25, 0.3) is 0 Å². The maximum Gasteiger partial charge on any atom is 0.228 e. The van der Waals surface area contributed by atoms with Gasteiger partial charge in [-0.15, -0.1) is 0 Å². The molecule has 154 valence electrons. The van der Waals surface area contributed by atoms with E-state index in [2.05, 4.69) is 29.2 Å². The molecule has 5 saturated carbocycles. The zero-order chi connectivity index (χ0) is 19.6. The standard InChI is InChI=1S/C25H32N2O2/c28-23(22-13-21(22)20-4-2-1-3-5-20)26-6-8-27(9-7-26)24(29)25-14-17-10-18(15-25)12-19(11-17)16-25/h1-5,17-19,21-22H,6-16H2. The van der Waals surface area contributed by atoms with Gasteiger partial charge in [-0.25, -0.2) is 0 Å². The summed E-state index contributed by atoms with van der Waals surface area (Å²) < 4.78 is 0. The van der Waals surface area contributed by atoms with E-state index in [-0.39, 0.29) is 11.3 Å². The highest BCUT2D eigenvalue weighted by atomic mass is 16.2. The SMILES string of the molecule is O=C(C1CC1c1ccccc1)N1CCN(C(=O)C23CC4CC(CC(C4)C2)C3)CC1. The van der Waals surface area contributed by atoms with Crippen LogP contribution in [0.4, 0.5) is 0 Å². The molecule has 7 rings (SSSR count). The van der Waals surface area contributed by atoms with Crippen molar-refractivity contribution in [2.24, 2.45) is 29.1 Å². The highest BCUT2D eigenvalue weighted by molar-refractivity contribution is 5.85. The van der Waals surface area contributed by atoms with Crippen molar-refractivity contribution in [2.75, 3.05) is 26.2 Å². The van der Waals surface area contributed by atoms with Gasteiger partial charge < -0.3 is 9.80 Å². The van der Waals surface area contributed by atoms with Crippen molar-refractivity contribution in [1.82, 2.24) is 9.80 Å². The van der Waals surface area contributed by atoms with Crippen LogP contribution in [0.3, 0.4) is 0 Å². The number of carbonyl (C=O) groups is 2. The van der Waals surface area contributed by atoms with Crippen molar-refractivity contribution in [3.63, 3.8) is 0 Å². The van der Waals surface area contributed by atoms with Crippen LogP contribution in [0.1, 0.15) is 56.4 Å². The first-order chi connectivity index (χ1) is 14.1. The third kappa shape index (κ3) is 3.02. The molecule has 1 aromatic rings. The summed E-state index contributed by atoms with van der Waals surface area (Å²) in [5, 5.41) is 0. The van der Waals surface area contributed by atoms with Crippen LogP contribution in [0, 0.1) is 29.1 Å². The van der Waals surface area contributed by atoms with Gasteiger partial charge in [-0.2, -0.15) is 0 Å². The Labute approximate surface area is 173 Å². The molecule has 4 nitrogen and oxygen atoms in total. The summed E-state index contributed by atoms with van der Waals surface area (Å²) in [6.07, 6.45) is 8.51. The zero-order valence-electron chi connectivity index (χ0n) is 17.3. The van der Waals surface area contributed by atoms with Crippen LogP contribution in [-0.4, -0.2) is 47.8 Å². The Kier molecular flexibility index (Phi) is 4.08. The molecule has 0 aromatic heterocycles. The molecule has 0 radical (unpaired) electrons. The first-order valence-corrected chi connectivity index (χ1v) is 11.7. The molecule has 1 heterocycles. The normalized spacial score (nSPS) is 40.2. The quantitative estimate of drug-likeness (QED) is 0.787. The Hall–Kier alpha value is -1.84. The lowest BCUT2D eigenvalue weighted by Crippen LogP contribution is -2.58. The minimum absolute atomic E-state index is 0.0458. The van der Waals surface area contributed by atoms with Crippen molar-refractivity contribution in [1.29, 1.82) is 0 Å². The molecule has 2 unspecified atom stereocenters. The average molecular weight is 393 g/mol. The third-order valence-electron chi connectivity index (χ3n) is 8.71. The van der Waals surface area contributed by atoms with Crippen molar-refractivity contribution < 1.29 is 9.59 Å². The highest BCUT2D eigenvalue weighted by Crippen LogP contribution is 2.60. The molecule has 1 aliphatic heterocycles. The van der Waals surface area contributed by atoms with Crippen LogP contribution >= 0.6 is 0 Å². The van der Waals surface area contributed by atoms with Crippen molar-refractivity contribution in [2.45, 2.75) is 50.9 Å². The largest absolute Gasteiger partial charge is 0.339 e. The first-order valence-electron chi connectivity index (χ1n) is 11.7. The predicted octanol–water partition coefficient (Wildman–Crippen LogP) is 3.68. The van der Waals surface area contributed by atoms with Crippen LogP contribution in [0.5, 0.6) is 0 Å². The summed E-state index contributed by atoms with van der Waals surface area (Å²) in [6.45, 7) is 2.90. The van der Waals surface area contributed by atoms with E-state index in [0.717, 1.165) is 69.6 Å². The minimum Gasteiger partial charge on any atom is -0.339 e. The van der Waals surface area contributed by atoms with E-state index < -0.39 is 0 Å². The summed E-state index contributed by atoms with van der Waals surface area (Å²) in [4.78, 5) is 30.6. The van der Waals surface area contributed by atoms with Gasteiger partial charge in [0.15, 0.2) is 0 Å². The van der Waals surface area contributed by atoms with Gasteiger partial charge in [0.1, 0.15) is 0 Å². The summed E-state index contributed by atoms with van der Waals surface area (Å²) in [5.41, 5.74) is 1.25. The van der Waals surface area contributed by atoms with E-state index in [0.29, 0.717) is 17.7 Å². The average Bonchev–Trinajstić information content (AvgIpc) is 3.53. The third-order valence-corrected chi connectivity index (χ3v) is 8.71. The van der Waals surface area contributed by atoms with Gasteiger partial charge in [0.05, 0.1) is 5.41 Å². The number of piperazine rings is 1. The number of hydrogen-bond donors (Lipinski definition) is 0. The van der Waals surface area contributed by atoms with E-state index in [4.69, 9.17) is 0 Å². The van der Waals surface area contributed by atoms with E-state index >= 15 is 0 Å². The summed E-state index contributed by atoms with van der Waals surface area (Å²) in [6, 6.07) is 10.4. The Morgan fingerprint density at radius 2 is 1.31 bits per heavy atom. The van der Waals surface area contributed by atoms with Crippen LogP contribution < -0.4 is 0 Å². The fraction of sp³-hybridized carbons (Fsp3) is 0.680. The first kappa shape index (κ1) is 18.0. The Balaban J connectivity index is 1.07. The molecule has 1 aromatic carbocycles. The van der Waals surface area contributed by atoms with E-state index in [1.165, 1.54) is 24.8 Å². The molecule has 4 heteroatoms. The molecule has 6 fully saturated rings. The highest BCUT2D eigenvalue weighted by Gasteiger charge is 2.56. The lowest BCUT2D eigenvalue weighted by Gasteiger charge is -2.57. The van der Waals surface area contributed by atoms with Gasteiger partial charge >= 0.3 is 0 Å².